The third-order valence-corrected chi connectivity index (χ3v) is 9.58. The Kier molecular flexibility index (Phi) is 4.20. The first-order chi connectivity index (χ1) is 19.2. The highest BCUT2D eigenvalue weighted by molar-refractivity contribution is 7.26. The molecule has 0 fully saturated rings. The topological polar surface area (TPSA) is 4.41 Å². The zero-order valence-corrected chi connectivity index (χ0v) is 22.2. The molecular weight excluding hydrogens is 490 g/mol. The third-order valence-electron chi connectivity index (χ3n) is 8.36. The molecule has 182 valence electrons. The molecule has 0 spiro atoms. The maximum Gasteiger partial charge on any atom is 0.0620 e. The summed E-state index contributed by atoms with van der Waals surface area (Å²) in [5.74, 6) is 0. The number of rotatable bonds is 2. The van der Waals surface area contributed by atoms with Gasteiger partial charge in [-0.3, -0.25) is 0 Å². The molecule has 1 nitrogen and oxygen atoms in total. The molecule has 0 atom stereocenters. The predicted octanol–water partition coefficient (Wildman–Crippen LogP) is 10.8. The molecule has 0 N–H and O–H groups in total. The van der Waals surface area contributed by atoms with Gasteiger partial charge in [-0.25, -0.2) is 0 Å². The van der Waals surface area contributed by atoms with E-state index in [-0.39, 0.29) is 0 Å². The van der Waals surface area contributed by atoms with Crippen LogP contribution in [0.2, 0.25) is 0 Å². The number of para-hydroxylation sites is 1. The Labute approximate surface area is 229 Å². The average Bonchev–Trinajstić information content (AvgIpc) is 3.63. The van der Waals surface area contributed by atoms with Crippen LogP contribution >= 0.6 is 11.3 Å². The molecule has 0 radical (unpaired) electrons. The van der Waals surface area contributed by atoms with E-state index in [2.05, 4.69) is 133 Å². The fourth-order valence-corrected chi connectivity index (χ4v) is 7.86. The van der Waals surface area contributed by atoms with Crippen molar-refractivity contribution in [2.75, 3.05) is 0 Å². The van der Waals surface area contributed by atoms with E-state index in [0.717, 1.165) is 0 Å². The van der Waals surface area contributed by atoms with Crippen LogP contribution in [0.5, 0.6) is 0 Å². The normalized spacial score (nSPS) is 12.2. The standard InChI is InChI=1S/C37H23NS/c1-22-16-17-34-30(18-22)32-21-25(20-31-27-10-2-4-14-33(27)38(34)36(31)32)23-8-6-9-24(19-23)26-12-7-13-29-28-11-3-5-15-35(28)39-37(26)29/h2-21H,1H3. The van der Waals surface area contributed by atoms with Crippen molar-refractivity contribution in [1.82, 2.24) is 4.40 Å². The Morgan fingerprint density at radius 3 is 2.13 bits per heavy atom. The lowest BCUT2D eigenvalue weighted by molar-refractivity contribution is 1.36. The van der Waals surface area contributed by atoms with E-state index in [4.69, 9.17) is 0 Å². The molecule has 39 heavy (non-hydrogen) atoms. The Hall–Kier alpha value is -4.66. The van der Waals surface area contributed by atoms with E-state index in [0.29, 0.717) is 0 Å². The zero-order valence-electron chi connectivity index (χ0n) is 21.4. The van der Waals surface area contributed by atoms with Gasteiger partial charge in [0.05, 0.1) is 16.6 Å². The number of hydrogen-bond acceptors (Lipinski definition) is 1. The summed E-state index contributed by atoms with van der Waals surface area (Å²) in [4.78, 5) is 0. The highest BCUT2D eigenvalue weighted by atomic mass is 32.1. The Balaban J connectivity index is 1.32. The molecule has 2 heteroatoms. The number of benzene rings is 6. The number of fused-ring (bicyclic) bond motifs is 9. The van der Waals surface area contributed by atoms with Crippen molar-refractivity contribution in [3.05, 3.63) is 127 Å². The van der Waals surface area contributed by atoms with Gasteiger partial charge in [0, 0.05) is 41.7 Å². The van der Waals surface area contributed by atoms with Crippen molar-refractivity contribution in [1.29, 1.82) is 0 Å². The molecule has 0 saturated carbocycles. The van der Waals surface area contributed by atoms with Crippen molar-refractivity contribution < 1.29 is 0 Å². The number of hydrogen-bond donors (Lipinski definition) is 0. The van der Waals surface area contributed by atoms with Crippen LogP contribution in [-0.4, -0.2) is 4.40 Å². The first-order valence-electron chi connectivity index (χ1n) is 13.4. The first-order valence-corrected chi connectivity index (χ1v) is 14.3. The van der Waals surface area contributed by atoms with Crippen molar-refractivity contribution >= 4 is 69.6 Å². The van der Waals surface area contributed by atoms with Crippen LogP contribution in [0.1, 0.15) is 5.56 Å². The second-order valence-electron chi connectivity index (χ2n) is 10.7. The second-order valence-corrected chi connectivity index (χ2v) is 11.7. The van der Waals surface area contributed by atoms with Crippen molar-refractivity contribution in [2.24, 2.45) is 0 Å². The Morgan fingerprint density at radius 1 is 0.487 bits per heavy atom. The number of nitrogens with zero attached hydrogens (tertiary/aromatic N) is 1. The van der Waals surface area contributed by atoms with Gasteiger partial charge in [-0.15, -0.1) is 11.3 Å². The molecule has 9 aromatic rings. The van der Waals surface area contributed by atoms with Gasteiger partial charge in [0.25, 0.3) is 0 Å². The van der Waals surface area contributed by atoms with E-state index in [1.807, 2.05) is 11.3 Å². The SMILES string of the molecule is Cc1ccc2c(c1)c1cc(-c3cccc(-c4cccc5c4sc4ccccc45)c3)cc3c4ccccc4n2c31. The van der Waals surface area contributed by atoms with Crippen LogP contribution < -0.4 is 0 Å². The van der Waals surface area contributed by atoms with Gasteiger partial charge < -0.3 is 4.40 Å². The minimum atomic E-state index is 1.25. The summed E-state index contributed by atoms with van der Waals surface area (Å²) in [6.45, 7) is 2.19. The highest BCUT2D eigenvalue weighted by Crippen LogP contribution is 2.43. The van der Waals surface area contributed by atoms with Crippen LogP contribution in [0.25, 0.3) is 80.5 Å². The predicted molar refractivity (Wildman–Crippen MR) is 170 cm³/mol. The van der Waals surface area contributed by atoms with Crippen LogP contribution in [-0.2, 0) is 0 Å². The van der Waals surface area contributed by atoms with E-state index < -0.39 is 0 Å². The third kappa shape index (κ3) is 2.90. The zero-order chi connectivity index (χ0) is 25.7. The largest absolute Gasteiger partial charge is 0.308 e. The molecule has 0 amide bonds. The maximum atomic E-state index is 2.46. The summed E-state index contributed by atoms with van der Waals surface area (Å²) >= 11 is 1.89. The molecule has 3 aromatic heterocycles. The lowest BCUT2D eigenvalue weighted by Gasteiger charge is -2.09. The minimum Gasteiger partial charge on any atom is -0.308 e. The van der Waals surface area contributed by atoms with Crippen LogP contribution in [0.15, 0.2) is 121 Å². The van der Waals surface area contributed by atoms with Gasteiger partial charge in [0.1, 0.15) is 0 Å². The Morgan fingerprint density at radius 2 is 1.21 bits per heavy atom. The molecule has 0 bridgehead atoms. The molecule has 0 aliphatic heterocycles. The average molecular weight is 514 g/mol. The number of thiophene rings is 1. The van der Waals surface area contributed by atoms with Gasteiger partial charge >= 0.3 is 0 Å². The summed E-state index contributed by atoms with van der Waals surface area (Å²) in [5.41, 5.74) is 10.3. The molecule has 0 unspecified atom stereocenters. The van der Waals surface area contributed by atoms with E-state index in [1.165, 1.54) is 86.1 Å². The fourth-order valence-electron chi connectivity index (χ4n) is 6.62. The lowest BCUT2D eigenvalue weighted by Crippen LogP contribution is -1.83. The smallest absolute Gasteiger partial charge is 0.0620 e. The Bertz CT molecular complexity index is 2400. The molecular formula is C37H23NS. The fraction of sp³-hybridized carbons (Fsp3) is 0.0270. The molecule has 6 aromatic carbocycles. The summed E-state index contributed by atoms with van der Waals surface area (Å²) < 4.78 is 5.16. The highest BCUT2D eigenvalue weighted by Gasteiger charge is 2.19. The first kappa shape index (κ1) is 21.3. The van der Waals surface area contributed by atoms with Gasteiger partial charge in [0.2, 0.25) is 0 Å². The summed E-state index contributed by atoms with van der Waals surface area (Å²) in [7, 11) is 0. The van der Waals surface area contributed by atoms with Gasteiger partial charge in [-0.2, -0.15) is 0 Å². The lowest BCUT2D eigenvalue weighted by atomic mass is 9.95. The van der Waals surface area contributed by atoms with E-state index in [9.17, 15) is 0 Å². The molecule has 0 aliphatic carbocycles. The number of aryl methyl sites for hydroxylation is 1. The van der Waals surface area contributed by atoms with Crippen LogP contribution in [0, 0.1) is 6.92 Å². The van der Waals surface area contributed by atoms with Crippen LogP contribution in [0.3, 0.4) is 0 Å². The van der Waals surface area contributed by atoms with Gasteiger partial charge in [-0.1, -0.05) is 84.4 Å². The van der Waals surface area contributed by atoms with Crippen molar-refractivity contribution in [2.45, 2.75) is 6.92 Å². The molecule has 3 heterocycles. The molecule has 9 rings (SSSR count). The minimum absolute atomic E-state index is 1.25. The summed E-state index contributed by atoms with van der Waals surface area (Å²) in [5, 5.41) is 7.97. The summed E-state index contributed by atoms with van der Waals surface area (Å²) in [6.07, 6.45) is 0. The number of aromatic nitrogens is 1. The quantitative estimate of drug-likeness (QED) is 0.216. The van der Waals surface area contributed by atoms with Crippen molar-refractivity contribution in [3.63, 3.8) is 0 Å². The second kappa shape index (κ2) is 7.69. The summed E-state index contributed by atoms with van der Waals surface area (Å²) in [6, 6.07) is 45.0. The maximum absolute atomic E-state index is 2.46. The molecule has 0 saturated heterocycles. The van der Waals surface area contributed by atoms with Gasteiger partial charge in [0.15, 0.2) is 0 Å². The van der Waals surface area contributed by atoms with E-state index >= 15 is 0 Å². The molecule has 0 aliphatic rings. The van der Waals surface area contributed by atoms with Crippen LogP contribution in [0.4, 0.5) is 0 Å². The van der Waals surface area contributed by atoms with Crippen molar-refractivity contribution in [3.8, 4) is 22.3 Å². The van der Waals surface area contributed by atoms with Gasteiger partial charge in [-0.05, 0) is 71.6 Å². The monoisotopic (exact) mass is 513 g/mol. The van der Waals surface area contributed by atoms with E-state index in [1.54, 1.807) is 0 Å².